The molecule has 0 saturated carbocycles. The van der Waals surface area contributed by atoms with Gasteiger partial charge in [-0.15, -0.1) is 0 Å². The number of nitrogens with zero attached hydrogens (tertiary/aromatic N) is 2. The molecule has 1 fully saturated rings. The lowest BCUT2D eigenvalue weighted by Gasteiger charge is -2.47. The maximum absolute atomic E-state index is 2.70. The fourth-order valence-electron chi connectivity index (χ4n) is 2.54. The average Bonchev–Trinajstić information content (AvgIpc) is 2.27. The summed E-state index contributed by atoms with van der Waals surface area (Å²) in [5.74, 6) is 0. The van der Waals surface area contributed by atoms with Gasteiger partial charge in [0.15, 0.2) is 0 Å². The smallest absolute Gasteiger partial charge is 0.101 e. The minimum Gasteiger partial charge on any atom is -0.244 e. The summed E-state index contributed by atoms with van der Waals surface area (Å²) in [5.41, 5.74) is 0. The van der Waals surface area contributed by atoms with Gasteiger partial charge in [-0.1, -0.05) is 19.8 Å². The minimum atomic E-state index is 0.717. The fraction of sp³-hybridized carbons (Fsp3) is 1.00. The first kappa shape index (κ1) is 13.0. The lowest BCUT2D eigenvalue weighted by Crippen LogP contribution is -2.62. The van der Waals surface area contributed by atoms with Crippen LogP contribution in [0.3, 0.4) is 0 Å². The van der Waals surface area contributed by atoms with Crippen LogP contribution in [0, 0.1) is 0 Å². The van der Waals surface area contributed by atoms with E-state index in [2.05, 4.69) is 32.8 Å². The number of quaternary nitrogens is 1. The predicted molar refractivity (Wildman–Crippen MR) is 66.5 cm³/mol. The average molecular weight is 213 g/mol. The Morgan fingerprint density at radius 3 is 2.20 bits per heavy atom. The van der Waals surface area contributed by atoms with Gasteiger partial charge in [0, 0.05) is 13.1 Å². The lowest BCUT2D eigenvalue weighted by atomic mass is 10.1. The quantitative estimate of drug-likeness (QED) is 0.635. The lowest BCUT2D eigenvalue weighted by molar-refractivity contribution is -1.04. The Morgan fingerprint density at radius 2 is 1.73 bits per heavy atom. The van der Waals surface area contributed by atoms with Crippen LogP contribution in [0.25, 0.3) is 0 Å². The van der Waals surface area contributed by atoms with E-state index in [0.29, 0.717) is 0 Å². The summed E-state index contributed by atoms with van der Waals surface area (Å²) in [7, 11) is 2.42. The molecule has 0 aromatic rings. The van der Waals surface area contributed by atoms with E-state index in [1.54, 1.807) is 0 Å². The van der Waals surface area contributed by atoms with E-state index in [0.717, 1.165) is 10.6 Å². The third kappa shape index (κ3) is 3.18. The second-order valence-corrected chi connectivity index (χ2v) is 5.40. The highest BCUT2D eigenvalue weighted by Crippen LogP contribution is 2.21. The van der Waals surface area contributed by atoms with Crippen molar-refractivity contribution in [2.75, 3.05) is 26.7 Å². The van der Waals surface area contributed by atoms with Crippen molar-refractivity contribution < 1.29 is 4.59 Å². The van der Waals surface area contributed by atoms with Crippen molar-refractivity contribution in [1.29, 1.82) is 0 Å². The van der Waals surface area contributed by atoms with Gasteiger partial charge >= 0.3 is 0 Å². The number of rotatable bonds is 5. The SMILES string of the molecule is CCCC[N+](C)(C(C)C)N1CCCCC1. The van der Waals surface area contributed by atoms with E-state index in [1.807, 2.05) is 0 Å². The normalized spacial score (nSPS) is 23.0. The first-order chi connectivity index (χ1) is 7.11. The maximum atomic E-state index is 2.70. The van der Waals surface area contributed by atoms with Crippen LogP contribution in [0.4, 0.5) is 0 Å². The molecule has 0 aromatic carbocycles. The summed E-state index contributed by atoms with van der Waals surface area (Å²) in [6.07, 6.45) is 6.89. The summed E-state index contributed by atoms with van der Waals surface area (Å²) < 4.78 is 1.16. The van der Waals surface area contributed by atoms with Gasteiger partial charge in [-0.3, -0.25) is 0 Å². The molecule has 15 heavy (non-hydrogen) atoms. The number of piperidine rings is 1. The fourth-order valence-corrected chi connectivity index (χ4v) is 2.54. The summed E-state index contributed by atoms with van der Waals surface area (Å²) in [4.78, 5) is 0. The second-order valence-electron chi connectivity index (χ2n) is 5.40. The second kappa shape index (κ2) is 5.86. The first-order valence-electron chi connectivity index (χ1n) is 6.72. The van der Waals surface area contributed by atoms with Gasteiger partial charge in [0.1, 0.15) is 6.04 Å². The van der Waals surface area contributed by atoms with Crippen LogP contribution in [0.1, 0.15) is 52.9 Å². The van der Waals surface area contributed by atoms with Gasteiger partial charge in [-0.2, -0.15) is 5.01 Å². The zero-order chi connectivity index (χ0) is 11.3. The van der Waals surface area contributed by atoms with E-state index in [9.17, 15) is 0 Å². The van der Waals surface area contributed by atoms with Gasteiger partial charge in [0.25, 0.3) is 0 Å². The van der Waals surface area contributed by atoms with Crippen LogP contribution >= 0.6 is 0 Å². The van der Waals surface area contributed by atoms with Gasteiger partial charge in [0.2, 0.25) is 0 Å². The molecule has 1 rings (SSSR count). The summed E-state index contributed by atoms with van der Waals surface area (Å²) in [6.45, 7) is 10.9. The number of hydrogen-bond donors (Lipinski definition) is 0. The molecule has 1 aliphatic rings. The Bertz CT molecular complexity index is 173. The van der Waals surface area contributed by atoms with Gasteiger partial charge in [-0.25, -0.2) is 4.59 Å². The molecule has 1 heterocycles. The molecule has 1 saturated heterocycles. The summed E-state index contributed by atoms with van der Waals surface area (Å²) in [6, 6.07) is 0.717. The monoisotopic (exact) mass is 213 g/mol. The van der Waals surface area contributed by atoms with Crippen LogP contribution in [0.2, 0.25) is 0 Å². The van der Waals surface area contributed by atoms with Crippen LogP contribution in [-0.4, -0.2) is 42.3 Å². The molecule has 0 aliphatic carbocycles. The molecule has 0 bridgehead atoms. The van der Waals surface area contributed by atoms with Crippen LogP contribution in [0.15, 0.2) is 0 Å². The molecule has 90 valence electrons. The van der Waals surface area contributed by atoms with Gasteiger partial charge in [-0.05, 0) is 33.1 Å². The highest BCUT2D eigenvalue weighted by atomic mass is 15.7. The zero-order valence-corrected chi connectivity index (χ0v) is 11.1. The zero-order valence-electron chi connectivity index (χ0n) is 11.1. The molecule has 0 N–H and O–H groups in total. The van der Waals surface area contributed by atoms with Crippen molar-refractivity contribution in [3.63, 3.8) is 0 Å². The summed E-state index contributed by atoms with van der Waals surface area (Å²) >= 11 is 0. The molecular formula is C13H29N2+. The van der Waals surface area contributed by atoms with E-state index in [-0.39, 0.29) is 0 Å². The molecule has 0 spiro atoms. The molecule has 0 aromatic heterocycles. The highest BCUT2D eigenvalue weighted by molar-refractivity contribution is 4.59. The van der Waals surface area contributed by atoms with Crippen molar-refractivity contribution in [3.05, 3.63) is 0 Å². The molecule has 1 unspecified atom stereocenters. The minimum absolute atomic E-state index is 0.717. The molecule has 2 heteroatoms. The third-order valence-electron chi connectivity index (χ3n) is 4.06. The van der Waals surface area contributed by atoms with E-state index in [4.69, 9.17) is 0 Å². The van der Waals surface area contributed by atoms with Crippen molar-refractivity contribution in [2.24, 2.45) is 0 Å². The van der Waals surface area contributed by atoms with Crippen LogP contribution in [0.5, 0.6) is 0 Å². The number of unbranched alkanes of at least 4 members (excludes halogenated alkanes) is 1. The Kier molecular flexibility index (Phi) is 5.07. The van der Waals surface area contributed by atoms with E-state index >= 15 is 0 Å². The Hall–Kier alpha value is -0.0800. The molecule has 0 radical (unpaired) electrons. The molecule has 2 nitrogen and oxygen atoms in total. The van der Waals surface area contributed by atoms with Crippen LogP contribution < -0.4 is 0 Å². The van der Waals surface area contributed by atoms with Crippen molar-refractivity contribution in [1.82, 2.24) is 5.01 Å². The Morgan fingerprint density at radius 1 is 1.13 bits per heavy atom. The largest absolute Gasteiger partial charge is 0.244 e. The standard InChI is InChI=1S/C13H29N2/c1-5-6-12-15(4,13(2)3)14-10-8-7-9-11-14/h13H,5-12H2,1-4H3/q+1. The van der Waals surface area contributed by atoms with Crippen LogP contribution in [-0.2, 0) is 0 Å². The van der Waals surface area contributed by atoms with E-state index < -0.39 is 0 Å². The van der Waals surface area contributed by atoms with Crippen molar-refractivity contribution >= 4 is 0 Å². The maximum Gasteiger partial charge on any atom is 0.101 e. The summed E-state index contributed by atoms with van der Waals surface area (Å²) in [5, 5.41) is 2.70. The van der Waals surface area contributed by atoms with E-state index in [1.165, 1.54) is 51.7 Å². The topological polar surface area (TPSA) is 3.24 Å². The Labute approximate surface area is 95.8 Å². The van der Waals surface area contributed by atoms with Gasteiger partial charge in [0.05, 0.1) is 13.6 Å². The van der Waals surface area contributed by atoms with Crippen molar-refractivity contribution in [3.8, 4) is 0 Å². The highest BCUT2D eigenvalue weighted by Gasteiger charge is 2.34. The molecule has 1 aliphatic heterocycles. The molecule has 1 atom stereocenters. The van der Waals surface area contributed by atoms with Gasteiger partial charge < -0.3 is 0 Å². The molecular weight excluding hydrogens is 184 g/mol. The molecule has 0 amide bonds. The third-order valence-corrected chi connectivity index (χ3v) is 4.06. The number of hydrogen-bond acceptors (Lipinski definition) is 1. The first-order valence-corrected chi connectivity index (χ1v) is 6.72. The predicted octanol–water partition coefficient (Wildman–Crippen LogP) is 3.04. The van der Waals surface area contributed by atoms with Crippen molar-refractivity contribution in [2.45, 2.75) is 58.9 Å². The Balaban J connectivity index is 2.61.